The zero-order chi connectivity index (χ0) is 18.6. The highest BCUT2D eigenvalue weighted by Gasteiger charge is 2.27. The van der Waals surface area contributed by atoms with Crippen LogP contribution in [0.4, 0.5) is 5.69 Å². The molecule has 146 valence electrons. The molecule has 27 heavy (non-hydrogen) atoms. The number of hydrogen-bond donors (Lipinski definition) is 3. The van der Waals surface area contributed by atoms with Crippen molar-refractivity contribution >= 4 is 34.0 Å². The number of hydrogen-bond acceptors (Lipinski definition) is 4. The maximum absolute atomic E-state index is 12.5. The number of carbonyl (C=O) groups excluding carboxylic acids is 1. The van der Waals surface area contributed by atoms with E-state index in [4.69, 9.17) is 5.73 Å². The molecule has 0 bridgehead atoms. The van der Waals surface area contributed by atoms with Crippen molar-refractivity contribution in [3.05, 3.63) is 60.2 Å². The summed E-state index contributed by atoms with van der Waals surface area (Å²) >= 11 is 0. The van der Waals surface area contributed by atoms with E-state index in [1.807, 2.05) is 0 Å². The monoisotopic (exact) mass is 409 g/mol. The quantitative estimate of drug-likeness (QED) is 0.682. The molecule has 1 aliphatic rings. The molecule has 6 nitrogen and oxygen atoms in total. The second-order valence-electron chi connectivity index (χ2n) is 6.51. The normalized spacial score (nSPS) is 19.1. The van der Waals surface area contributed by atoms with E-state index in [1.165, 1.54) is 12.1 Å². The third kappa shape index (κ3) is 5.22. The summed E-state index contributed by atoms with van der Waals surface area (Å²) < 4.78 is 27.4. The molecular weight excluding hydrogens is 386 g/mol. The first kappa shape index (κ1) is 21.2. The van der Waals surface area contributed by atoms with Crippen molar-refractivity contribution in [1.82, 2.24) is 5.32 Å². The summed E-state index contributed by atoms with van der Waals surface area (Å²) in [5.41, 5.74) is 6.53. The summed E-state index contributed by atoms with van der Waals surface area (Å²) in [7, 11) is -3.69. The Morgan fingerprint density at radius 1 is 1.07 bits per heavy atom. The van der Waals surface area contributed by atoms with Crippen molar-refractivity contribution in [1.29, 1.82) is 0 Å². The van der Waals surface area contributed by atoms with Crippen LogP contribution in [-0.4, -0.2) is 26.9 Å². The van der Waals surface area contributed by atoms with Gasteiger partial charge < -0.3 is 11.1 Å². The van der Waals surface area contributed by atoms with Gasteiger partial charge in [0.05, 0.1) is 4.90 Å². The van der Waals surface area contributed by atoms with Crippen molar-refractivity contribution in [2.24, 2.45) is 11.7 Å². The van der Waals surface area contributed by atoms with Gasteiger partial charge in [0.1, 0.15) is 0 Å². The molecule has 2 aromatic carbocycles. The van der Waals surface area contributed by atoms with E-state index in [9.17, 15) is 13.2 Å². The van der Waals surface area contributed by atoms with Crippen LogP contribution in [0.3, 0.4) is 0 Å². The summed E-state index contributed by atoms with van der Waals surface area (Å²) in [5, 5.41) is 3.02. The lowest BCUT2D eigenvalue weighted by molar-refractivity contribution is 0.0929. The van der Waals surface area contributed by atoms with Crippen LogP contribution in [0, 0.1) is 5.92 Å². The third-order valence-corrected chi connectivity index (χ3v) is 6.11. The van der Waals surface area contributed by atoms with Crippen LogP contribution in [0.5, 0.6) is 0 Å². The highest BCUT2D eigenvalue weighted by molar-refractivity contribution is 7.92. The van der Waals surface area contributed by atoms with Crippen molar-refractivity contribution in [3.8, 4) is 0 Å². The number of rotatable bonds is 6. The topological polar surface area (TPSA) is 101 Å². The number of amides is 1. The molecule has 3 rings (SSSR count). The van der Waals surface area contributed by atoms with Gasteiger partial charge in [-0.3, -0.25) is 9.52 Å². The molecule has 1 saturated carbocycles. The van der Waals surface area contributed by atoms with Crippen LogP contribution >= 0.6 is 12.4 Å². The minimum atomic E-state index is -3.69. The lowest BCUT2D eigenvalue weighted by Gasteiger charge is -2.19. The van der Waals surface area contributed by atoms with Gasteiger partial charge in [-0.05, 0) is 55.6 Å². The Hall–Kier alpha value is -2.09. The molecule has 0 aliphatic heterocycles. The van der Waals surface area contributed by atoms with E-state index in [2.05, 4.69) is 10.0 Å². The third-order valence-electron chi connectivity index (χ3n) is 4.71. The first-order valence-corrected chi connectivity index (χ1v) is 10.2. The molecule has 0 heterocycles. The maximum Gasteiger partial charge on any atom is 0.261 e. The fraction of sp³-hybridized carbons (Fsp3) is 0.316. The Morgan fingerprint density at radius 2 is 1.81 bits per heavy atom. The molecule has 0 spiro atoms. The molecule has 2 atom stereocenters. The van der Waals surface area contributed by atoms with E-state index in [1.54, 1.807) is 42.5 Å². The van der Waals surface area contributed by atoms with Gasteiger partial charge in [0.25, 0.3) is 15.9 Å². The predicted molar refractivity (Wildman–Crippen MR) is 109 cm³/mol. The summed E-state index contributed by atoms with van der Waals surface area (Å²) in [6.07, 6.45) is 3.01. The van der Waals surface area contributed by atoms with Crippen LogP contribution in [0.25, 0.3) is 0 Å². The molecule has 4 N–H and O–H groups in total. The minimum absolute atomic E-state index is 0. The Bertz CT molecular complexity index is 875. The molecule has 1 aliphatic carbocycles. The molecule has 1 fully saturated rings. The first-order chi connectivity index (χ1) is 12.5. The van der Waals surface area contributed by atoms with Crippen molar-refractivity contribution in [2.45, 2.75) is 30.2 Å². The zero-order valence-electron chi connectivity index (χ0n) is 14.8. The largest absolute Gasteiger partial charge is 0.349 e. The highest BCUT2D eigenvalue weighted by atomic mass is 35.5. The summed E-state index contributed by atoms with van der Waals surface area (Å²) in [5.74, 6) is 0.0924. The van der Waals surface area contributed by atoms with E-state index in [-0.39, 0.29) is 29.3 Å². The number of halogens is 1. The molecule has 0 radical (unpaired) electrons. The molecule has 2 aromatic rings. The molecular formula is C19H24ClN3O3S. The van der Waals surface area contributed by atoms with E-state index in [0.29, 0.717) is 23.7 Å². The van der Waals surface area contributed by atoms with Crippen LogP contribution in [0.15, 0.2) is 59.5 Å². The smallest absolute Gasteiger partial charge is 0.261 e. The number of anilines is 1. The average Bonchev–Trinajstić information content (AvgIpc) is 3.09. The van der Waals surface area contributed by atoms with E-state index in [0.717, 1.165) is 19.3 Å². The SMILES string of the molecule is Cl.NCC1CCCC1NC(=O)c1cccc(NS(=O)(=O)c2ccccc2)c1. The summed E-state index contributed by atoms with van der Waals surface area (Å²) in [6, 6.07) is 14.7. The van der Waals surface area contributed by atoms with Crippen molar-refractivity contribution in [3.63, 3.8) is 0 Å². The zero-order valence-corrected chi connectivity index (χ0v) is 16.4. The van der Waals surface area contributed by atoms with E-state index >= 15 is 0 Å². The van der Waals surface area contributed by atoms with Gasteiger partial charge in [0, 0.05) is 17.3 Å². The fourth-order valence-corrected chi connectivity index (χ4v) is 4.37. The second kappa shape index (κ2) is 9.21. The minimum Gasteiger partial charge on any atom is -0.349 e. The lowest BCUT2D eigenvalue weighted by Crippen LogP contribution is -2.39. The van der Waals surface area contributed by atoms with Gasteiger partial charge in [-0.25, -0.2) is 8.42 Å². The fourth-order valence-electron chi connectivity index (χ4n) is 3.30. The Labute approximate surface area is 166 Å². The molecule has 0 saturated heterocycles. The lowest BCUT2D eigenvalue weighted by atomic mass is 10.0. The van der Waals surface area contributed by atoms with E-state index < -0.39 is 10.0 Å². The van der Waals surface area contributed by atoms with Gasteiger partial charge in [-0.1, -0.05) is 30.7 Å². The van der Waals surface area contributed by atoms with Crippen LogP contribution < -0.4 is 15.8 Å². The van der Waals surface area contributed by atoms with Gasteiger partial charge >= 0.3 is 0 Å². The van der Waals surface area contributed by atoms with Gasteiger partial charge in [0.2, 0.25) is 0 Å². The Balaban J connectivity index is 0.00000261. The van der Waals surface area contributed by atoms with Crippen LogP contribution in [0.2, 0.25) is 0 Å². The maximum atomic E-state index is 12.5. The molecule has 0 aromatic heterocycles. The van der Waals surface area contributed by atoms with Crippen molar-refractivity contribution < 1.29 is 13.2 Å². The predicted octanol–water partition coefficient (Wildman–Crippen LogP) is 2.77. The second-order valence-corrected chi connectivity index (χ2v) is 8.19. The standard InChI is InChI=1S/C19H23N3O3S.ClH/c20-13-15-7-5-11-18(15)21-19(23)14-6-4-8-16(12-14)22-26(24,25)17-9-2-1-3-10-17;/h1-4,6,8-10,12,15,18,22H,5,7,11,13,20H2,(H,21,23);1H. The Kier molecular flexibility index (Phi) is 7.24. The first-order valence-electron chi connectivity index (χ1n) is 8.68. The van der Waals surface area contributed by atoms with Crippen LogP contribution in [0.1, 0.15) is 29.6 Å². The highest BCUT2D eigenvalue weighted by Crippen LogP contribution is 2.25. The number of benzene rings is 2. The van der Waals surface area contributed by atoms with Gasteiger partial charge in [-0.2, -0.15) is 0 Å². The number of sulfonamides is 1. The molecule has 1 amide bonds. The summed E-state index contributed by atoms with van der Waals surface area (Å²) in [6.45, 7) is 0.557. The Morgan fingerprint density at radius 3 is 2.52 bits per heavy atom. The van der Waals surface area contributed by atoms with Gasteiger partial charge in [0.15, 0.2) is 0 Å². The van der Waals surface area contributed by atoms with Crippen molar-refractivity contribution in [2.75, 3.05) is 11.3 Å². The number of nitrogens with two attached hydrogens (primary N) is 1. The van der Waals surface area contributed by atoms with Crippen LogP contribution in [-0.2, 0) is 10.0 Å². The molecule has 2 unspecified atom stereocenters. The number of nitrogens with one attached hydrogen (secondary N) is 2. The summed E-state index contributed by atoms with van der Waals surface area (Å²) in [4.78, 5) is 12.7. The number of carbonyl (C=O) groups is 1. The molecule has 8 heteroatoms. The van der Waals surface area contributed by atoms with Gasteiger partial charge in [-0.15, -0.1) is 12.4 Å². The average molecular weight is 410 g/mol.